The first kappa shape index (κ1) is 17.7. The Morgan fingerprint density at radius 3 is 2.27 bits per heavy atom. The predicted molar refractivity (Wildman–Crippen MR) is 99.4 cm³/mol. The molecule has 0 saturated heterocycles. The fraction of sp³-hybridized carbons (Fsp3) is 0.136. The molecule has 0 aliphatic carbocycles. The monoisotopic (exact) mass is 349 g/mol. The third-order valence-electron chi connectivity index (χ3n) is 4.06. The van der Waals surface area contributed by atoms with Crippen LogP contribution >= 0.6 is 0 Å². The van der Waals surface area contributed by atoms with Gasteiger partial charge in [-0.25, -0.2) is 4.39 Å². The molecule has 3 nitrogen and oxygen atoms in total. The lowest BCUT2D eigenvalue weighted by Gasteiger charge is -2.18. The average Bonchev–Trinajstić information content (AvgIpc) is 2.69. The van der Waals surface area contributed by atoms with Crippen LogP contribution in [0.25, 0.3) is 0 Å². The van der Waals surface area contributed by atoms with E-state index >= 15 is 0 Å². The highest BCUT2D eigenvalue weighted by molar-refractivity contribution is 5.94. The number of nitrogens with zero attached hydrogens (tertiary/aromatic N) is 1. The van der Waals surface area contributed by atoms with E-state index in [4.69, 9.17) is 4.74 Å². The highest BCUT2D eigenvalue weighted by atomic mass is 19.1. The Hall–Kier alpha value is -3.14. The Kier molecular flexibility index (Phi) is 5.64. The number of ether oxygens (including phenoxy) is 1. The van der Waals surface area contributed by atoms with Gasteiger partial charge in [-0.15, -0.1) is 0 Å². The molecule has 3 aromatic carbocycles. The zero-order chi connectivity index (χ0) is 18.4. The Bertz CT molecular complexity index is 863. The number of benzene rings is 3. The minimum atomic E-state index is -0.305. The topological polar surface area (TPSA) is 29.5 Å². The zero-order valence-corrected chi connectivity index (χ0v) is 14.6. The summed E-state index contributed by atoms with van der Waals surface area (Å²) in [4.78, 5) is 14.0. The van der Waals surface area contributed by atoms with Crippen LogP contribution < -0.4 is 4.74 Å². The Balaban J connectivity index is 1.60. The molecule has 3 rings (SSSR count). The van der Waals surface area contributed by atoms with Crippen LogP contribution in [-0.2, 0) is 13.2 Å². The van der Waals surface area contributed by atoms with Crippen molar-refractivity contribution in [2.24, 2.45) is 0 Å². The zero-order valence-electron chi connectivity index (χ0n) is 14.6. The first-order valence-electron chi connectivity index (χ1n) is 8.39. The van der Waals surface area contributed by atoms with Crippen molar-refractivity contribution in [3.05, 3.63) is 101 Å². The van der Waals surface area contributed by atoms with Crippen molar-refractivity contribution >= 4 is 5.91 Å². The molecular formula is C22H20FNO2. The van der Waals surface area contributed by atoms with E-state index in [2.05, 4.69) is 0 Å². The maximum absolute atomic E-state index is 13.7. The van der Waals surface area contributed by atoms with Gasteiger partial charge in [0, 0.05) is 24.7 Å². The predicted octanol–water partition coefficient (Wildman–Crippen LogP) is 4.68. The third kappa shape index (κ3) is 4.48. The molecule has 0 bridgehead atoms. The molecule has 26 heavy (non-hydrogen) atoms. The standard InChI is InChI=1S/C22H20FNO2/c1-24(15-19-7-5-6-10-21(19)23)22(25)18-13-11-17(12-14-18)16-26-20-8-3-2-4-9-20/h2-14H,15-16H2,1H3. The largest absolute Gasteiger partial charge is 0.489 e. The molecule has 0 aliphatic rings. The van der Waals surface area contributed by atoms with Crippen molar-refractivity contribution < 1.29 is 13.9 Å². The molecule has 0 atom stereocenters. The molecule has 0 fully saturated rings. The average molecular weight is 349 g/mol. The second-order valence-electron chi connectivity index (χ2n) is 6.05. The summed E-state index contributed by atoms with van der Waals surface area (Å²) in [7, 11) is 1.67. The minimum absolute atomic E-state index is 0.149. The summed E-state index contributed by atoms with van der Waals surface area (Å²) in [6.45, 7) is 0.661. The molecule has 0 radical (unpaired) electrons. The third-order valence-corrected chi connectivity index (χ3v) is 4.06. The van der Waals surface area contributed by atoms with Gasteiger partial charge in [0.15, 0.2) is 0 Å². The van der Waals surface area contributed by atoms with E-state index in [9.17, 15) is 9.18 Å². The lowest BCUT2D eigenvalue weighted by atomic mass is 10.1. The van der Waals surface area contributed by atoms with Crippen LogP contribution in [-0.4, -0.2) is 17.9 Å². The summed E-state index contributed by atoms with van der Waals surface area (Å²) in [5, 5.41) is 0. The summed E-state index contributed by atoms with van der Waals surface area (Å²) >= 11 is 0. The summed E-state index contributed by atoms with van der Waals surface area (Å²) in [5.74, 6) is 0.349. The molecule has 0 N–H and O–H groups in total. The maximum atomic E-state index is 13.7. The lowest BCUT2D eigenvalue weighted by Crippen LogP contribution is -2.26. The SMILES string of the molecule is CN(Cc1ccccc1F)C(=O)c1ccc(COc2ccccc2)cc1. The second-order valence-corrected chi connectivity index (χ2v) is 6.05. The first-order valence-corrected chi connectivity index (χ1v) is 8.39. The molecule has 0 heterocycles. The van der Waals surface area contributed by atoms with Crippen molar-refractivity contribution in [3.8, 4) is 5.75 Å². The van der Waals surface area contributed by atoms with Crippen LogP contribution in [0.4, 0.5) is 4.39 Å². The summed E-state index contributed by atoms with van der Waals surface area (Å²) in [6, 6.07) is 23.3. The van der Waals surface area contributed by atoms with Crippen molar-refractivity contribution in [1.82, 2.24) is 4.90 Å². The smallest absolute Gasteiger partial charge is 0.253 e. The summed E-state index contributed by atoms with van der Waals surface area (Å²) in [6.07, 6.45) is 0. The van der Waals surface area contributed by atoms with Crippen LogP contribution in [0.3, 0.4) is 0 Å². The molecule has 0 saturated carbocycles. The summed E-state index contributed by atoms with van der Waals surface area (Å²) in [5.41, 5.74) is 2.03. The van der Waals surface area contributed by atoms with Crippen LogP contribution in [0.1, 0.15) is 21.5 Å². The van der Waals surface area contributed by atoms with E-state index in [1.807, 2.05) is 42.5 Å². The highest BCUT2D eigenvalue weighted by Gasteiger charge is 2.13. The quantitative estimate of drug-likeness (QED) is 0.647. The molecular weight excluding hydrogens is 329 g/mol. The van der Waals surface area contributed by atoms with Crippen molar-refractivity contribution in [1.29, 1.82) is 0 Å². The van der Waals surface area contributed by atoms with E-state index in [1.165, 1.54) is 11.0 Å². The lowest BCUT2D eigenvalue weighted by molar-refractivity contribution is 0.0784. The van der Waals surface area contributed by atoms with E-state index in [0.29, 0.717) is 17.7 Å². The van der Waals surface area contributed by atoms with Gasteiger partial charge in [0.25, 0.3) is 5.91 Å². The fourth-order valence-electron chi connectivity index (χ4n) is 2.60. The first-order chi connectivity index (χ1) is 12.6. The van der Waals surface area contributed by atoms with Gasteiger partial charge in [-0.3, -0.25) is 4.79 Å². The number of para-hydroxylation sites is 1. The Morgan fingerprint density at radius 2 is 1.58 bits per heavy atom. The van der Waals surface area contributed by atoms with Crippen molar-refractivity contribution in [3.63, 3.8) is 0 Å². The van der Waals surface area contributed by atoms with Crippen LogP contribution in [0.15, 0.2) is 78.9 Å². The number of hydrogen-bond acceptors (Lipinski definition) is 2. The maximum Gasteiger partial charge on any atom is 0.253 e. The summed E-state index contributed by atoms with van der Waals surface area (Å²) < 4.78 is 19.4. The van der Waals surface area contributed by atoms with E-state index in [0.717, 1.165) is 11.3 Å². The second kappa shape index (κ2) is 8.30. The van der Waals surface area contributed by atoms with E-state index in [1.54, 1.807) is 37.4 Å². The van der Waals surface area contributed by atoms with Crippen LogP contribution in [0.5, 0.6) is 5.75 Å². The Morgan fingerprint density at radius 1 is 0.923 bits per heavy atom. The van der Waals surface area contributed by atoms with Gasteiger partial charge in [-0.05, 0) is 35.9 Å². The number of halogens is 1. The highest BCUT2D eigenvalue weighted by Crippen LogP contribution is 2.14. The van der Waals surface area contributed by atoms with Crippen molar-refractivity contribution in [2.75, 3.05) is 7.05 Å². The molecule has 132 valence electrons. The number of carbonyl (C=O) groups is 1. The van der Waals surface area contributed by atoms with Crippen LogP contribution in [0.2, 0.25) is 0 Å². The minimum Gasteiger partial charge on any atom is -0.489 e. The fourth-order valence-corrected chi connectivity index (χ4v) is 2.60. The molecule has 0 aromatic heterocycles. The number of hydrogen-bond donors (Lipinski definition) is 0. The molecule has 0 spiro atoms. The number of rotatable bonds is 6. The molecule has 0 aliphatic heterocycles. The number of amides is 1. The van der Waals surface area contributed by atoms with Gasteiger partial charge in [-0.2, -0.15) is 0 Å². The van der Waals surface area contributed by atoms with E-state index < -0.39 is 0 Å². The van der Waals surface area contributed by atoms with Gasteiger partial charge in [0.1, 0.15) is 18.2 Å². The van der Waals surface area contributed by atoms with Crippen LogP contribution in [0, 0.1) is 5.82 Å². The molecule has 3 aromatic rings. The van der Waals surface area contributed by atoms with Gasteiger partial charge in [0.05, 0.1) is 0 Å². The van der Waals surface area contributed by atoms with Crippen molar-refractivity contribution in [2.45, 2.75) is 13.2 Å². The van der Waals surface area contributed by atoms with Gasteiger partial charge in [0.2, 0.25) is 0 Å². The van der Waals surface area contributed by atoms with Gasteiger partial charge in [-0.1, -0.05) is 48.5 Å². The normalized spacial score (nSPS) is 10.4. The number of carbonyl (C=O) groups excluding carboxylic acids is 1. The molecule has 4 heteroatoms. The Labute approximate surface area is 152 Å². The molecule has 1 amide bonds. The molecule has 0 unspecified atom stereocenters. The van der Waals surface area contributed by atoms with Gasteiger partial charge < -0.3 is 9.64 Å². The van der Waals surface area contributed by atoms with Gasteiger partial charge >= 0.3 is 0 Å². The van der Waals surface area contributed by atoms with E-state index in [-0.39, 0.29) is 18.3 Å².